The van der Waals surface area contributed by atoms with Gasteiger partial charge in [0.15, 0.2) is 11.6 Å². The largest absolute Gasteiger partial charge is 0.308 e. The molecule has 1 N–H and O–H groups in total. The molecule has 0 aliphatic rings. The van der Waals surface area contributed by atoms with Crippen LogP contribution in [0.25, 0.3) is 0 Å². The zero-order chi connectivity index (χ0) is 15.2. The summed E-state index contributed by atoms with van der Waals surface area (Å²) in [6.45, 7) is 4.79. The average Bonchev–Trinajstić information content (AvgIpc) is 2.47. The number of benzene rings is 1. The van der Waals surface area contributed by atoms with Crippen LogP contribution in [0.3, 0.4) is 0 Å². The van der Waals surface area contributed by atoms with Crippen LogP contribution >= 0.6 is 0 Å². The van der Waals surface area contributed by atoms with Gasteiger partial charge in [-0.25, -0.2) is 8.78 Å². The number of aryl methyl sites for hydroxylation is 1. The molecule has 112 valence electrons. The summed E-state index contributed by atoms with van der Waals surface area (Å²) in [6.07, 6.45) is 1.34. The van der Waals surface area contributed by atoms with Gasteiger partial charge in [0.05, 0.1) is 11.7 Å². The van der Waals surface area contributed by atoms with Crippen molar-refractivity contribution < 1.29 is 8.78 Å². The molecule has 0 saturated heterocycles. The van der Waals surface area contributed by atoms with Crippen LogP contribution < -0.4 is 5.32 Å². The van der Waals surface area contributed by atoms with E-state index in [0.717, 1.165) is 30.4 Å². The van der Waals surface area contributed by atoms with E-state index >= 15 is 0 Å². The lowest BCUT2D eigenvalue weighted by molar-refractivity contribution is 0.473. The van der Waals surface area contributed by atoms with Crippen molar-refractivity contribution in [1.82, 2.24) is 10.3 Å². The second-order valence-electron chi connectivity index (χ2n) is 5.13. The van der Waals surface area contributed by atoms with E-state index in [-0.39, 0.29) is 6.04 Å². The Morgan fingerprint density at radius 1 is 1.14 bits per heavy atom. The molecular weight excluding hydrogens is 270 g/mol. The molecule has 1 atom stereocenters. The quantitative estimate of drug-likeness (QED) is 0.871. The molecule has 1 aromatic heterocycles. The molecule has 0 aliphatic heterocycles. The predicted molar refractivity (Wildman–Crippen MR) is 80.1 cm³/mol. The van der Waals surface area contributed by atoms with Crippen molar-refractivity contribution in [3.63, 3.8) is 0 Å². The van der Waals surface area contributed by atoms with Crippen molar-refractivity contribution in [2.24, 2.45) is 0 Å². The molecule has 0 saturated carbocycles. The molecule has 1 aromatic carbocycles. The maximum Gasteiger partial charge on any atom is 0.162 e. The number of rotatable bonds is 6. The third-order valence-corrected chi connectivity index (χ3v) is 3.36. The van der Waals surface area contributed by atoms with Gasteiger partial charge in [-0.05, 0) is 50.1 Å². The maximum absolute atomic E-state index is 13.9. The predicted octanol–water partition coefficient (Wildman–Crippen LogP) is 3.95. The third kappa shape index (κ3) is 4.08. The molecule has 4 heteroatoms. The molecule has 1 heterocycles. The first-order chi connectivity index (χ1) is 10.1. The van der Waals surface area contributed by atoms with Crippen LogP contribution in [0.1, 0.15) is 36.3 Å². The molecule has 0 fully saturated rings. The summed E-state index contributed by atoms with van der Waals surface area (Å²) in [4.78, 5) is 4.50. The monoisotopic (exact) mass is 290 g/mol. The number of aromatic nitrogens is 1. The van der Waals surface area contributed by atoms with Gasteiger partial charge in [0.25, 0.3) is 0 Å². The second-order valence-corrected chi connectivity index (χ2v) is 5.13. The number of nitrogens with one attached hydrogen (secondary N) is 1. The van der Waals surface area contributed by atoms with Gasteiger partial charge in [-0.15, -0.1) is 0 Å². The topological polar surface area (TPSA) is 24.9 Å². The van der Waals surface area contributed by atoms with Gasteiger partial charge in [0, 0.05) is 5.69 Å². The first kappa shape index (κ1) is 15.6. The van der Waals surface area contributed by atoms with Crippen LogP contribution in [0, 0.1) is 18.6 Å². The molecular formula is C17H20F2N2. The second kappa shape index (κ2) is 7.27. The van der Waals surface area contributed by atoms with E-state index in [1.165, 1.54) is 6.07 Å². The number of nitrogens with zero attached hydrogens (tertiary/aromatic N) is 1. The lowest BCUT2D eigenvalue weighted by atomic mass is 10.0. The van der Waals surface area contributed by atoms with Gasteiger partial charge in [0.1, 0.15) is 0 Å². The Kier molecular flexibility index (Phi) is 5.39. The van der Waals surface area contributed by atoms with E-state index in [2.05, 4.69) is 17.2 Å². The third-order valence-electron chi connectivity index (χ3n) is 3.36. The molecule has 2 rings (SSSR count). The fraction of sp³-hybridized carbons (Fsp3) is 0.353. The summed E-state index contributed by atoms with van der Waals surface area (Å²) >= 11 is 0. The molecule has 2 nitrogen and oxygen atoms in total. The van der Waals surface area contributed by atoms with E-state index in [0.29, 0.717) is 12.0 Å². The van der Waals surface area contributed by atoms with E-state index in [4.69, 9.17) is 0 Å². The van der Waals surface area contributed by atoms with E-state index in [1.807, 2.05) is 25.1 Å². The molecule has 0 amide bonds. The number of hydrogen-bond donors (Lipinski definition) is 1. The summed E-state index contributed by atoms with van der Waals surface area (Å²) in [5.74, 6) is -1.58. The highest BCUT2D eigenvalue weighted by Crippen LogP contribution is 2.20. The highest BCUT2D eigenvalue weighted by Gasteiger charge is 2.17. The van der Waals surface area contributed by atoms with Crippen molar-refractivity contribution in [3.05, 3.63) is 65.0 Å². The summed E-state index contributed by atoms with van der Waals surface area (Å²) in [5.41, 5.74) is 2.13. The van der Waals surface area contributed by atoms with Crippen molar-refractivity contribution in [2.45, 2.75) is 32.7 Å². The Hall–Kier alpha value is -1.81. The Bertz CT molecular complexity index is 599. The van der Waals surface area contributed by atoms with E-state index in [1.54, 1.807) is 6.07 Å². The minimum Gasteiger partial charge on any atom is -0.308 e. The number of halogens is 2. The van der Waals surface area contributed by atoms with Gasteiger partial charge in [0.2, 0.25) is 0 Å². The highest BCUT2D eigenvalue weighted by molar-refractivity contribution is 5.23. The number of hydrogen-bond acceptors (Lipinski definition) is 2. The Labute approximate surface area is 124 Å². The van der Waals surface area contributed by atoms with Crippen molar-refractivity contribution in [2.75, 3.05) is 6.54 Å². The first-order valence-corrected chi connectivity index (χ1v) is 7.21. The molecule has 0 aliphatic carbocycles. The molecule has 2 aromatic rings. The van der Waals surface area contributed by atoms with Gasteiger partial charge in [-0.2, -0.15) is 0 Å². The summed E-state index contributed by atoms with van der Waals surface area (Å²) in [5, 5.41) is 3.36. The zero-order valence-electron chi connectivity index (χ0n) is 12.4. The molecule has 1 unspecified atom stereocenters. The Balaban J connectivity index is 2.26. The van der Waals surface area contributed by atoms with Crippen LogP contribution in [0.2, 0.25) is 0 Å². The summed E-state index contributed by atoms with van der Waals surface area (Å²) in [7, 11) is 0. The number of pyridine rings is 1. The minimum atomic E-state index is -0.807. The Morgan fingerprint density at radius 2 is 1.90 bits per heavy atom. The van der Waals surface area contributed by atoms with E-state index < -0.39 is 11.6 Å². The Morgan fingerprint density at radius 3 is 2.62 bits per heavy atom. The van der Waals surface area contributed by atoms with Crippen molar-refractivity contribution in [1.29, 1.82) is 0 Å². The van der Waals surface area contributed by atoms with Crippen LogP contribution in [-0.2, 0) is 6.42 Å². The SMILES string of the molecule is CCCNC(Cc1cccc(F)c1F)c1cccc(C)n1. The summed E-state index contributed by atoms with van der Waals surface area (Å²) in [6, 6.07) is 9.93. The smallest absolute Gasteiger partial charge is 0.162 e. The molecule has 0 radical (unpaired) electrons. The van der Waals surface area contributed by atoms with Crippen molar-refractivity contribution >= 4 is 0 Å². The fourth-order valence-corrected chi connectivity index (χ4v) is 2.28. The van der Waals surface area contributed by atoms with Gasteiger partial charge < -0.3 is 5.32 Å². The average molecular weight is 290 g/mol. The van der Waals surface area contributed by atoms with Gasteiger partial charge in [-0.1, -0.05) is 25.1 Å². The van der Waals surface area contributed by atoms with Crippen molar-refractivity contribution in [3.8, 4) is 0 Å². The summed E-state index contributed by atoms with van der Waals surface area (Å²) < 4.78 is 27.2. The van der Waals surface area contributed by atoms with Crippen LogP contribution in [0.4, 0.5) is 8.78 Å². The van der Waals surface area contributed by atoms with Crippen LogP contribution in [0.5, 0.6) is 0 Å². The van der Waals surface area contributed by atoms with E-state index in [9.17, 15) is 8.78 Å². The van der Waals surface area contributed by atoms with Gasteiger partial charge in [-0.3, -0.25) is 4.98 Å². The van der Waals surface area contributed by atoms with Gasteiger partial charge >= 0.3 is 0 Å². The van der Waals surface area contributed by atoms with Crippen LogP contribution in [-0.4, -0.2) is 11.5 Å². The molecule has 21 heavy (non-hydrogen) atoms. The molecule has 0 spiro atoms. The molecule has 0 bridgehead atoms. The zero-order valence-corrected chi connectivity index (χ0v) is 12.4. The maximum atomic E-state index is 13.9. The van der Waals surface area contributed by atoms with Crippen LogP contribution in [0.15, 0.2) is 36.4 Å². The lowest BCUT2D eigenvalue weighted by Crippen LogP contribution is -2.25. The standard InChI is InChI=1S/C17H20F2N2/c1-3-10-20-16(15-9-4-6-12(2)21-15)11-13-7-5-8-14(18)17(13)19/h4-9,16,20H,3,10-11H2,1-2H3. The minimum absolute atomic E-state index is 0.124. The highest BCUT2D eigenvalue weighted by atomic mass is 19.2. The first-order valence-electron chi connectivity index (χ1n) is 7.21. The lowest BCUT2D eigenvalue weighted by Gasteiger charge is -2.19. The normalized spacial score (nSPS) is 12.4. The fourth-order valence-electron chi connectivity index (χ4n) is 2.28.